The lowest BCUT2D eigenvalue weighted by molar-refractivity contribution is -0.123. The highest BCUT2D eigenvalue weighted by molar-refractivity contribution is 5.85. The normalized spacial score (nSPS) is 11.4. The van der Waals surface area contributed by atoms with Crippen molar-refractivity contribution in [2.45, 2.75) is 6.04 Å². The summed E-state index contributed by atoms with van der Waals surface area (Å²) in [5.41, 5.74) is 6.78. The second kappa shape index (κ2) is 5.77. The van der Waals surface area contributed by atoms with Gasteiger partial charge < -0.3 is 10.8 Å². The summed E-state index contributed by atoms with van der Waals surface area (Å²) in [6, 6.07) is -0.903. The first kappa shape index (κ1) is 11.4. The van der Waals surface area contributed by atoms with E-state index in [4.69, 9.17) is 10.8 Å². The average Bonchev–Trinajstić information content (AvgIpc) is 1.84. The quantitative estimate of drug-likeness (QED) is 0.205. The zero-order valence-corrected chi connectivity index (χ0v) is 5.52. The number of nitrogens with two attached hydrogens (primary N) is 2. The molecule has 1 atom stereocenters. The lowest BCUT2D eigenvalue weighted by Crippen LogP contribution is -2.45. The molecule has 1 amide bonds. The predicted octanol–water partition coefficient (Wildman–Crippen LogP) is -2.28. The third-order valence-electron chi connectivity index (χ3n) is 0.676. The van der Waals surface area contributed by atoms with Crippen LogP contribution in [0.5, 0.6) is 0 Å². The summed E-state index contributed by atoms with van der Waals surface area (Å²) in [7, 11) is 0. The summed E-state index contributed by atoms with van der Waals surface area (Å²) in [6.45, 7) is -0.386. The molecule has 6 heteroatoms. The van der Waals surface area contributed by atoms with E-state index in [-0.39, 0.29) is 19.0 Å². The topological polar surface area (TPSA) is 101 Å². The van der Waals surface area contributed by atoms with E-state index in [1.807, 2.05) is 0 Å². The van der Waals surface area contributed by atoms with Gasteiger partial charge in [0.1, 0.15) is 6.04 Å². The third-order valence-corrected chi connectivity index (χ3v) is 0.676. The molecular weight excluding hydrogens is 146 g/mol. The number of hydrogen-bond acceptors (Lipinski definition) is 4. The second-order valence-electron chi connectivity index (χ2n) is 1.30. The van der Waals surface area contributed by atoms with Gasteiger partial charge >= 0.3 is 0 Å². The summed E-state index contributed by atoms with van der Waals surface area (Å²) >= 11 is 0. The summed E-state index contributed by atoms with van der Waals surface area (Å²) in [6.07, 6.45) is 0. The van der Waals surface area contributed by atoms with Gasteiger partial charge in [0.2, 0.25) is 0 Å². The number of rotatable bonds is 2. The number of hydrogen-bond donors (Lipinski definition) is 4. The molecule has 6 N–H and O–H groups in total. The number of nitrogens with one attached hydrogen (secondary N) is 1. The van der Waals surface area contributed by atoms with Crippen LogP contribution >= 0.6 is 12.4 Å². The molecule has 9 heavy (non-hydrogen) atoms. The minimum atomic E-state index is -0.903. The van der Waals surface area contributed by atoms with Gasteiger partial charge in [-0.2, -0.15) is 0 Å². The number of amides is 1. The van der Waals surface area contributed by atoms with Crippen LogP contribution in [0.3, 0.4) is 0 Å². The highest BCUT2D eigenvalue weighted by Gasteiger charge is 2.07. The van der Waals surface area contributed by atoms with Crippen LogP contribution in [0.4, 0.5) is 0 Å². The van der Waals surface area contributed by atoms with Gasteiger partial charge in [0.15, 0.2) is 0 Å². The maximum absolute atomic E-state index is 10.2. The van der Waals surface area contributed by atoms with Crippen molar-refractivity contribution in [2.24, 2.45) is 11.6 Å². The van der Waals surface area contributed by atoms with Gasteiger partial charge in [0.05, 0.1) is 6.61 Å². The standard InChI is InChI=1S/C3H9N3O2.ClH/c4-2(1-7)3(8)6-5;/h2,7H,1,4-5H2,(H,6,8);1H/t2-;/m0./s1. The molecule has 0 saturated carbocycles. The Morgan fingerprint density at radius 3 is 2.33 bits per heavy atom. The smallest absolute Gasteiger partial charge is 0.253 e. The highest BCUT2D eigenvalue weighted by Crippen LogP contribution is 1.70. The van der Waals surface area contributed by atoms with Crippen LogP contribution in [0.25, 0.3) is 0 Å². The monoisotopic (exact) mass is 155 g/mol. The number of aliphatic hydroxyl groups excluding tert-OH is 1. The number of halogens is 1. The van der Waals surface area contributed by atoms with Gasteiger partial charge in [-0.1, -0.05) is 0 Å². The first-order valence-electron chi connectivity index (χ1n) is 2.09. The molecule has 56 valence electrons. The molecule has 0 fully saturated rings. The van der Waals surface area contributed by atoms with E-state index in [0.717, 1.165) is 0 Å². The van der Waals surface area contributed by atoms with E-state index < -0.39 is 11.9 Å². The summed E-state index contributed by atoms with van der Waals surface area (Å²) in [5, 5.41) is 8.19. The van der Waals surface area contributed by atoms with Crippen molar-refractivity contribution < 1.29 is 9.90 Å². The van der Waals surface area contributed by atoms with Crippen LogP contribution < -0.4 is 17.0 Å². The van der Waals surface area contributed by atoms with Crippen LogP contribution in [0.1, 0.15) is 0 Å². The minimum absolute atomic E-state index is 0. The van der Waals surface area contributed by atoms with Crippen LogP contribution in [0.15, 0.2) is 0 Å². The average molecular weight is 156 g/mol. The molecule has 0 rings (SSSR count). The maximum atomic E-state index is 10.2. The molecule has 0 aliphatic carbocycles. The highest BCUT2D eigenvalue weighted by atomic mass is 35.5. The molecular formula is C3H10ClN3O2. The Hall–Kier alpha value is -0.360. The Balaban J connectivity index is 0. The first-order chi connectivity index (χ1) is 3.72. The maximum Gasteiger partial charge on any atom is 0.253 e. The van der Waals surface area contributed by atoms with E-state index in [9.17, 15) is 4.79 Å². The van der Waals surface area contributed by atoms with Crippen molar-refractivity contribution in [1.29, 1.82) is 0 Å². The lowest BCUT2D eigenvalue weighted by Gasteiger charge is -2.03. The fourth-order valence-corrected chi connectivity index (χ4v) is 0.190. The fourth-order valence-electron chi connectivity index (χ4n) is 0.190. The first-order valence-corrected chi connectivity index (χ1v) is 2.09. The molecule has 0 heterocycles. The Labute approximate surface area is 58.8 Å². The number of aliphatic hydroxyl groups is 1. The van der Waals surface area contributed by atoms with E-state index in [1.54, 1.807) is 5.43 Å². The van der Waals surface area contributed by atoms with Crippen molar-refractivity contribution in [3.8, 4) is 0 Å². The molecule has 0 aromatic carbocycles. The van der Waals surface area contributed by atoms with Crippen LogP contribution in [0.2, 0.25) is 0 Å². The van der Waals surface area contributed by atoms with Gasteiger partial charge in [0.25, 0.3) is 5.91 Å². The SMILES string of the molecule is Cl.NNC(=O)[C@@H](N)CO. The summed E-state index contributed by atoms with van der Waals surface area (Å²) < 4.78 is 0. The molecule has 0 saturated heterocycles. The van der Waals surface area contributed by atoms with Crippen molar-refractivity contribution in [2.75, 3.05) is 6.61 Å². The summed E-state index contributed by atoms with van der Waals surface area (Å²) in [5.74, 6) is 4.10. The third kappa shape index (κ3) is 4.16. The number of carbonyl (C=O) groups excluding carboxylic acids is 1. The van der Waals surface area contributed by atoms with Crippen LogP contribution in [0, 0.1) is 0 Å². The van der Waals surface area contributed by atoms with E-state index in [0.29, 0.717) is 0 Å². The van der Waals surface area contributed by atoms with Gasteiger partial charge in [0, 0.05) is 0 Å². The summed E-state index contributed by atoms with van der Waals surface area (Å²) in [4.78, 5) is 10.2. The molecule has 0 aromatic heterocycles. The molecule has 0 aliphatic rings. The Morgan fingerprint density at radius 2 is 2.22 bits per heavy atom. The van der Waals surface area contributed by atoms with E-state index in [1.165, 1.54) is 0 Å². The Kier molecular flexibility index (Phi) is 7.33. The molecule has 0 unspecified atom stereocenters. The van der Waals surface area contributed by atoms with Gasteiger partial charge in [-0.05, 0) is 0 Å². The van der Waals surface area contributed by atoms with Crippen LogP contribution in [-0.2, 0) is 4.79 Å². The molecule has 0 aliphatic heterocycles. The number of hydrazine groups is 1. The lowest BCUT2D eigenvalue weighted by atomic mass is 10.3. The largest absolute Gasteiger partial charge is 0.394 e. The predicted molar refractivity (Wildman–Crippen MR) is 34.6 cm³/mol. The van der Waals surface area contributed by atoms with Gasteiger partial charge in [-0.25, -0.2) is 5.84 Å². The second-order valence-corrected chi connectivity index (χ2v) is 1.30. The van der Waals surface area contributed by atoms with E-state index in [2.05, 4.69) is 5.84 Å². The van der Waals surface area contributed by atoms with Crippen molar-refractivity contribution >= 4 is 18.3 Å². The zero-order chi connectivity index (χ0) is 6.57. The molecule has 0 aromatic rings. The van der Waals surface area contributed by atoms with Gasteiger partial charge in [-0.15, -0.1) is 12.4 Å². The minimum Gasteiger partial charge on any atom is -0.394 e. The van der Waals surface area contributed by atoms with Crippen LogP contribution in [-0.4, -0.2) is 23.7 Å². The Morgan fingerprint density at radius 1 is 1.78 bits per heavy atom. The fraction of sp³-hybridized carbons (Fsp3) is 0.667. The molecule has 0 bridgehead atoms. The van der Waals surface area contributed by atoms with Crippen molar-refractivity contribution in [1.82, 2.24) is 5.43 Å². The Bertz CT molecular complexity index is 89.1. The number of carbonyl (C=O) groups is 1. The zero-order valence-electron chi connectivity index (χ0n) is 4.70. The molecule has 0 spiro atoms. The molecule has 5 nitrogen and oxygen atoms in total. The van der Waals surface area contributed by atoms with E-state index >= 15 is 0 Å². The molecule has 0 radical (unpaired) electrons. The van der Waals surface area contributed by atoms with Crippen molar-refractivity contribution in [3.05, 3.63) is 0 Å². The van der Waals surface area contributed by atoms with Crippen molar-refractivity contribution in [3.63, 3.8) is 0 Å². The van der Waals surface area contributed by atoms with Gasteiger partial charge in [-0.3, -0.25) is 10.2 Å².